The number of hydrogen-bond acceptors (Lipinski definition) is 6. The summed E-state index contributed by atoms with van der Waals surface area (Å²) in [6.45, 7) is 4.69. The first kappa shape index (κ1) is 24.4. The molecule has 2 aromatic carbocycles. The molecule has 2 aromatic heterocycles. The molecule has 5 rings (SSSR count). The molecule has 1 atom stereocenters. The van der Waals surface area contributed by atoms with Crippen LogP contribution in [0.4, 0.5) is 24.7 Å². The van der Waals surface area contributed by atoms with Crippen LogP contribution >= 0.6 is 11.6 Å². The zero-order valence-electron chi connectivity index (χ0n) is 19.4. The van der Waals surface area contributed by atoms with Crippen molar-refractivity contribution in [2.75, 3.05) is 25.0 Å². The lowest BCUT2D eigenvalue weighted by atomic mass is 10.1. The Morgan fingerprint density at radius 2 is 1.92 bits per heavy atom. The van der Waals surface area contributed by atoms with Crippen LogP contribution in [0.15, 0.2) is 60.8 Å². The summed E-state index contributed by atoms with van der Waals surface area (Å²) in [7, 11) is 0. The van der Waals surface area contributed by atoms with Crippen molar-refractivity contribution in [3.05, 3.63) is 77.2 Å². The summed E-state index contributed by atoms with van der Waals surface area (Å²) in [4.78, 5) is 16.2. The van der Waals surface area contributed by atoms with Crippen LogP contribution < -0.4 is 5.32 Å². The molecular weight excluding hydrogens is 491 g/mol. The Balaban J connectivity index is 1.54. The number of halogens is 4. The number of anilines is 2. The van der Waals surface area contributed by atoms with Crippen LogP contribution in [0.25, 0.3) is 22.2 Å². The number of benzene rings is 2. The first-order chi connectivity index (χ1) is 17.3. The highest BCUT2D eigenvalue weighted by Gasteiger charge is 2.30. The molecule has 6 nitrogen and oxygen atoms in total. The number of nitrogens with zero attached hydrogens (tertiary/aromatic N) is 4. The van der Waals surface area contributed by atoms with E-state index in [0.29, 0.717) is 46.7 Å². The predicted molar refractivity (Wildman–Crippen MR) is 133 cm³/mol. The van der Waals surface area contributed by atoms with Gasteiger partial charge in [0.2, 0.25) is 0 Å². The smallest absolute Gasteiger partial charge is 0.376 e. The minimum Gasteiger partial charge on any atom is -0.376 e. The molecule has 4 aromatic rings. The van der Waals surface area contributed by atoms with E-state index in [9.17, 15) is 13.2 Å². The number of fused-ring (bicyclic) bond motifs is 1. The zero-order chi connectivity index (χ0) is 25.3. The van der Waals surface area contributed by atoms with E-state index in [-0.39, 0.29) is 6.10 Å². The maximum atomic E-state index is 13.0. The van der Waals surface area contributed by atoms with Gasteiger partial charge in [-0.3, -0.25) is 9.88 Å². The topological polar surface area (TPSA) is 63.2 Å². The fourth-order valence-electron chi connectivity index (χ4n) is 4.20. The third-order valence-corrected chi connectivity index (χ3v) is 6.25. The molecule has 0 spiro atoms. The monoisotopic (exact) mass is 513 g/mol. The highest BCUT2D eigenvalue weighted by Crippen LogP contribution is 2.33. The van der Waals surface area contributed by atoms with Crippen LogP contribution in [-0.2, 0) is 17.5 Å². The second-order valence-electron chi connectivity index (χ2n) is 8.67. The van der Waals surface area contributed by atoms with Gasteiger partial charge in [-0.25, -0.2) is 9.97 Å². The van der Waals surface area contributed by atoms with E-state index in [1.54, 1.807) is 18.3 Å². The maximum Gasteiger partial charge on any atom is 0.416 e. The molecule has 0 bridgehead atoms. The van der Waals surface area contributed by atoms with E-state index in [4.69, 9.17) is 26.3 Å². The van der Waals surface area contributed by atoms with Gasteiger partial charge in [-0.2, -0.15) is 13.2 Å². The fraction of sp³-hybridized carbons (Fsp3) is 0.269. The van der Waals surface area contributed by atoms with Crippen LogP contribution in [0, 0.1) is 0 Å². The Morgan fingerprint density at radius 1 is 1.11 bits per heavy atom. The third kappa shape index (κ3) is 5.43. The van der Waals surface area contributed by atoms with E-state index in [1.165, 1.54) is 12.1 Å². The Hall–Kier alpha value is -3.27. The lowest BCUT2D eigenvalue weighted by Crippen LogP contribution is -2.40. The quantitative estimate of drug-likeness (QED) is 0.336. The molecule has 1 aliphatic rings. The summed E-state index contributed by atoms with van der Waals surface area (Å²) in [5.74, 6) is 1.10. The number of morpholine rings is 1. The number of hydrogen-bond donors (Lipinski definition) is 1. The van der Waals surface area contributed by atoms with Crippen molar-refractivity contribution in [3.63, 3.8) is 0 Å². The fourth-order valence-corrected chi connectivity index (χ4v) is 4.43. The maximum absolute atomic E-state index is 13.0. The van der Waals surface area contributed by atoms with Crippen molar-refractivity contribution in [1.82, 2.24) is 19.9 Å². The lowest BCUT2D eigenvalue weighted by molar-refractivity contribution is -0.137. The average molecular weight is 514 g/mol. The second-order valence-corrected chi connectivity index (χ2v) is 9.08. The van der Waals surface area contributed by atoms with Crippen molar-refractivity contribution < 1.29 is 17.9 Å². The van der Waals surface area contributed by atoms with Crippen molar-refractivity contribution in [2.24, 2.45) is 0 Å². The van der Waals surface area contributed by atoms with Crippen LogP contribution in [0.1, 0.15) is 18.3 Å². The average Bonchev–Trinajstić information content (AvgIpc) is 2.84. The van der Waals surface area contributed by atoms with Gasteiger partial charge in [-0.05, 0) is 55.5 Å². The van der Waals surface area contributed by atoms with Gasteiger partial charge in [0.25, 0.3) is 0 Å². The number of rotatable bonds is 5. The second kappa shape index (κ2) is 10.0. The lowest BCUT2D eigenvalue weighted by Gasteiger charge is -2.30. The summed E-state index contributed by atoms with van der Waals surface area (Å²) in [6.07, 6.45) is -2.61. The van der Waals surface area contributed by atoms with Gasteiger partial charge in [0.05, 0.1) is 41.1 Å². The minimum absolute atomic E-state index is 0.113. The normalized spacial score (nSPS) is 16.9. The third-order valence-electron chi connectivity index (χ3n) is 5.94. The van der Waals surface area contributed by atoms with Crippen LogP contribution in [0.3, 0.4) is 0 Å². The number of nitrogens with one attached hydrogen (secondary N) is 1. The van der Waals surface area contributed by atoms with Gasteiger partial charge in [0.15, 0.2) is 0 Å². The standard InChI is InChI=1S/C26H23ClF3N5O/c1-16-14-35(11-12-36-16)15-23-33-22-13-17(24-21(27)3-2-10-31-24)4-9-20(22)25(34-23)32-19-7-5-18(6-8-19)26(28,29)30/h2-10,13,16H,11-12,14-15H2,1H3,(H,32,33,34). The molecule has 0 saturated carbocycles. The van der Waals surface area contributed by atoms with Gasteiger partial charge in [0.1, 0.15) is 11.6 Å². The number of ether oxygens (including phenoxy) is 1. The number of pyridine rings is 1. The van der Waals surface area contributed by atoms with Crippen molar-refractivity contribution in [3.8, 4) is 11.3 Å². The highest BCUT2D eigenvalue weighted by molar-refractivity contribution is 6.33. The number of alkyl halides is 3. The summed E-state index contributed by atoms with van der Waals surface area (Å²) >= 11 is 6.36. The van der Waals surface area contributed by atoms with Crippen LogP contribution in [-0.4, -0.2) is 45.7 Å². The molecule has 186 valence electrons. The van der Waals surface area contributed by atoms with E-state index in [1.807, 2.05) is 25.1 Å². The van der Waals surface area contributed by atoms with Crippen molar-refractivity contribution in [2.45, 2.75) is 25.7 Å². The van der Waals surface area contributed by atoms with Crippen molar-refractivity contribution in [1.29, 1.82) is 0 Å². The molecule has 3 heterocycles. The van der Waals surface area contributed by atoms with Crippen LogP contribution in [0.5, 0.6) is 0 Å². The molecule has 36 heavy (non-hydrogen) atoms. The SMILES string of the molecule is CC1CN(Cc2nc(Nc3ccc(C(F)(F)F)cc3)c3ccc(-c4ncccc4Cl)cc3n2)CCO1. The van der Waals surface area contributed by atoms with Gasteiger partial charge in [-0.1, -0.05) is 17.7 Å². The minimum atomic E-state index is -4.40. The zero-order valence-corrected chi connectivity index (χ0v) is 20.1. The summed E-state index contributed by atoms with van der Waals surface area (Å²) < 4.78 is 44.6. The van der Waals surface area contributed by atoms with E-state index < -0.39 is 11.7 Å². The predicted octanol–water partition coefficient (Wildman–Crippen LogP) is 6.33. The first-order valence-electron chi connectivity index (χ1n) is 11.5. The van der Waals surface area contributed by atoms with Crippen molar-refractivity contribution >= 4 is 34.0 Å². The Labute approximate surface area is 211 Å². The van der Waals surface area contributed by atoms with E-state index >= 15 is 0 Å². The van der Waals surface area contributed by atoms with Gasteiger partial charge < -0.3 is 10.1 Å². The van der Waals surface area contributed by atoms with Gasteiger partial charge in [-0.15, -0.1) is 0 Å². The molecule has 1 unspecified atom stereocenters. The molecular formula is C26H23ClF3N5O. The highest BCUT2D eigenvalue weighted by atomic mass is 35.5. The van der Waals surface area contributed by atoms with E-state index in [0.717, 1.165) is 36.2 Å². The first-order valence-corrected chi connectivity index (χ1v) is 11.8. The molecule has 0 amide bonds. The van der Waals surface area contributed by atoms with Crippen LogP contribution in [0.2, 0.25) is 5.02 Å². The Kier molecular flexibility index (Phi) is 6.79. The molecule has 0 radical (unpaired) electrons. The molecule has 0 aliphatic carbocycles. The van der Waals surface area contributed by atoms with Gasteiger partial charge >= 0.3 is 6.18 Å². The molecule has 1 saturated heterocycles. The summed E-state index contributed by atoms with van der Waals surface area (Å²) in [5.41, 5.74) is 1.90. The molecule has 1 N–H and O–H groups in total. The van der Waals surface area contributed by atoms with E-state index in [2.05, 4.69) is 15.2 Å². The number of aromatic nitrogens is 3. The molecule has 1 aliphatic heterocycles. The Bertz CT molecular complexity index is 1380. The summed E-state index contributed by atoms with van der Waals surface area (Å²) in [6, 6.07) is 14.0. The largest absolute Gasteiger partial charge is 0.416 e. The Morgan fingerprint density at radius 3 is 2.64 bits per heavy atom. The van der Waals surface area contributed by atoms with Gasteiger partial charge in [0, 0.05) is 35.9 Å². The summed E-state index contributed by atoms with van der Waals surface area (Å²) in [5, 5.41) is 4.43. The molecule has 1 fully saturated rings. The molecule has 10 heteroatoms.